The van der Waals surface area contributed by atoms with Gasteiger partial charge in [0.15, 0.2) is 0 Å². The molecule has 0 fully saturated rings. The Labute approximate surface area is 205 Å². The molecule has 0 radical (unpaired) electrons. The molecule has 35 heavy (non-hydrogen) atoms. The quantitative estimate of drug-likeness (QED) is 0.435. The van der Waals surface area contributed by atoms with Crippen molar-refractivity contribution < 1.29 is 22.3 Å². The molecule has 0 aliphatic carbocycles. The van der Waals surface area contributed by atoms with Crippen molar-refractivity contribution in [3.63, 3.8) is 0 Å². The molecule has 1 aromatic heterocycles. The summed E-state index contributed by atoms with van der Waals surface area (Å²) in [5, 5.41) is 2.81. The van der Waals surface area contributed by atoms with E-state index in [4.69, 9.17) is 4.74 Å². The van der Waals surface area contributed by atoms with Gasteiger partial charge in [0.2, 0.25) is 11.9 Å². The lowest BCUT2D eigenvalue weighted by Crippen LogP contribution is -2.28. The lowest BCUT2D eigenvalue weighted by Gasteiger charge is -2.17. The molecule has 3 aromatic rings. The Kier molecular flexibility index (Phi) is 8.39. The molecule has 1 amide bonds. The number of methoxy groups -OCH3 is 1. The second kappa shape index (κ2) is 11.3. The minimum absolute atomic E-state index is 0.0114. The summed E-state index contributed by atoms with van der Waals surface area (Å²) in [5.41, 5.74) is 2.07. The van der Waals surface area contributed by atoms with Crippen molar-refractivity contribution in [3.05, 3.63) is 77.4 Å². The highest BCUT2D eigenvalue weighted by Crippen LogP contribution is 2.26. The van der Waals surface area contributed by atoms with Gasteiger partial charge in [-0.2, -0.15) is 0 Å². The zero-order chi connectivity index (χ0) is 25.6. The zero-order valence-corrected chi connectivity index (χ0v) is 20.9. The van der Waals surface area contributed by atoms with Crippen molar-refractivity contribution >= 4 is 21.9 Å². The predicted molar refractivity (Wildman–Crippen MR) is 131 cm³/mol. The average molecular weight is 501 g/mol. The number of anilines is 1. The molecule has 0 spiro atoms. The van der Waals surface area contributed by atoms with Crippen LogP contribution >= 0.6 is 0 Å². The molecule has 0 bridgehead atoms. The molecule has 8 nitrogen and oxygen atoms in total. The normalized spacial score (nSPS) is 12.3. The summed E-state index contributed by atoms with van der Waals surface area (Å²) in [6, 6.07) is 9.58. The van der Waals surface area contributed by atoms with E-state index in [9.17, 15) is 17.6 Å². The van der Waals surface area contributed by atoms with E-state index in [1.807, 2.05) is 0 Å². The number of benzene rings is 2. The molecule has 2 N–H and O–H groups in total. The number of amides is 1. The van der Waals surface area contributed by atoms with E-state index in [0.717, 1.165) is 12.0 Å². The lowest BCUT2D eigenvalue weighted by atomic mass is 10.1. The van der Waals surface area contributed by atoms with E-state index in [1.54, 1.807) is 31.5 Å². The molecule has 186 valence electrons. The van der Waals surface area contributed by atoms with Crippen LogP contribution in [0.5, 0.6) is 5.75 Å². The molecule has 0 saturated carbocycles. The largest absolute Gasteiger partial charge is 0.496 e. The first-order chi connectivity index (χ1) is 16.6. The van der Waals surface area contributed by atoms with Crippen molar-refractivity contribution in [2.45, 2.75) is 44.6 Å². The zero-order valence-electron chi connectivity index (χ0n) is 20.1. The van der Waals surface area contributed by atoms with Gasteiger partial charge in [0, 0.05) is 18.0 Å². The maximum absolute atomic E-state index is 13.6. The summed E-state index contributed by atoms with van der Waals surface area (Å²) in [7, 11) is -2.41. The molecule has 0 saturated heterocycles. The van der Waals surface area contributed by atoms with E-state index in [-0.39, 0.29) is 23.2 Å². The number of nitrogens with one attached hydrogen (secondary N) is 2. The highest BCUT2D eigenvalue weighted by molar-refractivity contribution is 7.92. The van der Waals surface area contributed by atoms with Crippen LogP contribution in [-0.4, -0.2) is 31.4 Å². The van der Waals surface area contributed by atoms with E-state index in [1.165, 1.54) is 37.4 Å². The van der Waals surface area contributed by atoms with Crippen LogP contribution in [0.25, 0.3) is 0 Å². The third kappa shape index (κ3) is 7.22. The molecule has 1 heterocycles. The number of nitrogens with zero attached hydrogens (tertiary/aromatic N) is 2. The number of rotatable bonds is 10. The Morgan fingerprint density at radius 2 is 1.69 bits per heavy atom. The van der Waals surface area contributed by atoms with Crippen molar-refractivity contribution in [2.24, 2.45) is 5.92 Å². The molecule has 2 aromatic carbocycles. The Balaban J connectivity index is 1.62. The lowest BCUT2D eigenvalue weighted by molar-refractivity contribution is -0.121. The first-order valence-electron chi connectivity index (χ1n) is 11.1. The molecule has 10 heteroatoms. The molecular weight excluding hydrogens is 471 g/mol. The van der Waals surface area contributed by atoms with Crippen LogP contribution < -0.4 is 14.8 Å². The monoisotopic (exact) mass is 500 g/mol. The number of halogens is 1. The van der Waals surface area contributed by atoms with Gasteiger partial charge >= 0.3 is 0 Å². The summed E-state index contributed by atoms with van der Waals surface area (Å²) in [4.78, 5) is 20.7. The van der Waals surface area contributed by atoms with Crippen molar-refractivity contribution in [3.8, 4) is 5.75 Å². The molecule has 3 rings (SSSR count). The van der Waals surface area contributed by atoms with Crippen molar-refractivity contribution in [1.29, 1.82) is 0 Å². The highest BCUT2D eigenvalue weighted by atomic mass is 32.2. The van der Waals surface area contributed by atoms with Crippen molar-refractivity contribution in [2.75, 3.05) is 11.8 Å². The van der Waals surface area contributed by atoms with Gasteiger partial charge in [-0.15, -0.1) is 0 Å². The molecule has 1 atom stereocenters. The number of carbonyl (C=O) groups excluding carboxylic acids is 1. The van der Waals surface area contributed by atoms with Crippen LogP contribution in [0.3, 0.4) is 0 Å². The van der Waals surface area contributed by atoms with Gasteiger partial charge in [0.05, 0.1) is 24.5 Å². The number of ether oxygens (including phenoxy) is 1. The van der Waals surface area contributed by atoms with E-state index < -0.39 is 21.9 Å². The number of hydrogen-bond donors (Lipinski definition) is 2. The minimum Gasteiger partial charge on any atom is -0.496 e. The topological polar surface area (TPSA) is 110 Å². The molecular formula is C25H29FN4O4S. The van der Waals surface area contributed by atoms with Crippen molar-refractivity contribution in [1.82, 2.24) is 15.3 Å². The van der Waals surface area contributed by atoms with Crippen LogP contribution in [0.15, 0.2) is 59.8 Å². The maximum atomic E-state index is 13.6. The second-order valence-electron chi connectivity index (χ2n) is 8.61. The number of hydrogen-bond acceptors (Lipinski definition) is 6. The fourth-order valence-electron chi connectivity index (χ4n) is 3.55. The molecule has 0 aliphatic heterocycles. The van der Waals surface area contributed by atoms with Crippen LogP contribution in [0.4, 0.5) is 10.3 Å². The third-order valence-corrected chi connectivity index (χ3v) is 6.55. The first kappa shape index (κ1) is 26.1. The average Bonchev–Trinajstić information content (AvgIpc) is 2.80. The third-order valence-electron chi connectivity index (χ3n) is 5.21. The van der Waals surface area contributed by atoms with Crippen LogP contribution in [0, 0.1) is 11.7 Å². The SMILES string of the molecule is COc1ccc(F)cc1C(C)NC(=O)Cc1ccc(S(=O)(=O)Nc2ncc(CC(C)C)cn2)cc1. The Morgan fingerprint density at radius 3 is 2.29 bits per heavy atom. The van der Waals surface area contributed by atoms with Gasteiger partial charge in [-0.1, -0.05) is 26.0 Å². The highest BCUT2D eigenvalue weighted by Gasteiger charge is 2.18. The van der Waals surface area contributed by atoms with Crippen LogP contribution in [-0.2, 0) is 27.7 Å². The molecule has 1 unspecified atom stereocenters. The maximum Gasteiger partial charge on any atom is 0.264 e. The van der Waals surface area contributed by atoms with Crippen LogP contribution in [0.1, 0.15) is 43.5 Å². The summed E-state index contributed by atoms with van der Waals surface area (Å²) >= 11 is 0. The Bertz CT molecular complexity index is 1260. The van der Waals surface area contributed by atoms with Gasteiger partial charge in [-0.05, 0) is 60.7 Å². The smallest absolute Gasteiger partial charge is 0.264 e. The first-order valence-corrected chi connectivity index (χ1v) is 12.6. The fraction of sp³-hybridized carbons (Fsp3) is 0.320. The number of carbonyl (C=O) groups is 1. The molecule has 0 aliphatic rings. The number of aromatic nitrogens is 2. The fourth-order valence-corrected chi connectivity index (χ4v) is 4.51. The van der Waals surface area contributed by atoms with E-state index in [2.05, 4.69) is 33.9 Å². The van der Waals surface area contributed by atoms with Gasteiger partial charge in [0.1, 0.15) is 11.6 Å². The number of sulfonamides is 1. The predicted octanol–water partition coefficient (Wildman–Crippen LogP) is 4.04. The van der Waals surface area contributed by atoms with Gasteiger partial charge < -0.3 is 10.1 Å². The standard InChI is InChI=1S/C25H29FN4O4S/c1-16(2)11-19-14-27-25(28-15-19)30-35(32,33)21-8-5-18(6-9-21)12-24(31)29-17(3)22-13-20(26)7-10-23(22)34-4/h5-10,13-17H,11-12H2,1-4H3,(H,29,31)(H,27,28,30). The summed E-state index contributed by atoms with van der Waals surface area (Å²) < 4.78 is 46.6. The summed E-state index contributed by atoms with van der Waals surface area (Å²) in [6.07, 6.45) is 4.03. The Morgan fingerprint density at radius 1 is 1.03 bits per heavy atom. The summed E-state index contributed by atoms with van der Waals surface area (Å²) in [6.45, 7) is 5.88. The summed E-state index contributed by atoms with van der Waals surface area (Å²) in [5.74, 6) is 0.174. The second-order valence-corrected chi connectivity index (χ2v) is 10.3. The van der Waals surface area contributed by atoms with Gasteiger partial charge in [-0.25, -0.2) is 27.5 Å². The minimum atomic E-state index is -3.89. The van der Waals surface area contributed by atoms with Gasteiger partial charge in [0.25, 0.3) is 10.0 Å². The van der Waals surface area contributed by atoms with E-state index in [0.29, 0.717) is 22.8 Å². The Hall–Kier alpha value is -3.53. The van der Waals surface area contributed by atoms with Crippen LogP contribution in [0.2, 0.25) is 0 Å². The van der Waals surface area contributed by atoms with Gasteiger partial charge in [-0.3, -0.25) is 4.79 Å². The van der Waals surface area contributed by atoms with E-state index >= 15 is 0 Å².